The minimum atomic E-state index is -0.774. The van der Waals surface area contributed by atoms with E-state index in [1.807, 2.05) is 6.08 Å². The van der Waals surface area contributed by atoms with Gasteiger partial charge in [0.25, 0.3) is 0 Å². The summed E-state index contributed by atoms with van der Waals surface area (Å²) in [6.07, 6.45) is 9.71. The van der Waals surface area contributed by atoms with E-state index in [0.717, 1.165) is 31.9 Å². The Morgan fingerprint density at radius 1 is 1.35 bits per heavy atom. The molecule has 0 aliphatic carbocycles. The van der Waals surface area contributed by atoms with Gasteiger partial charge in [0.2, 0.25) is 0 Å². The second-order valence-electron chi connectivity index (χ2n) is 4.18. The molecule has 20 heavy (non-hydrogen) atoms. The Morgan fingerprint density at radius 2 is 2.10 bits per heavy atom. The van der Waals surface area contributed by atoms with Crippen LogP contribution in [0.25, 0.3) is 0 Å². The first-order valence-corrected chi connectivity index (χ1v) is 6.74. The summed E-state index contributed by atoms with van der Waals surface area (Å²) in [5.74, 6) is -0.684. The van der Waals surface area contributed by atoms with Gasteiger partial charge in [-0.2, -0.15) is 4.99 Å². The zero-order valence-electron chi connectivity index (χ0n) is 12.2. The fourth-order valence-corrected chi connectivity index (χ4v) is 1.50. The molecule has 0 fully saturated rings. The molecule has 0 aromatic heterocycles. The van der Waals surface area contributed by atoms with Gasteiger partial charge in [-0.05, 0) is 12.8 Å². The number of rotatable bonds is 9. The second-order valence-corrected chi connectivity index (χ2v) is 4.18. The summed E-state index contributed by atoms with van der Waals surface area (Å²) in [6.45, 7) is 5.69. The first kappa shape index (κ1) is 18.1. The van der Waals surface area contributed by atoms with E-state index in [1.54, 1.807) is 12.2 Å². The van der Waals surface area contributed by atoms with Crippen molar-refractivity contribution in [2.24, 2.45) is 4.99 Å². The van der Waals surface area contributed by atoms with Crippen LogP contribution in [-0.2, 0) is 14.3 Å². The van der Waals surface area contributed by atoms with Crippen LogP contribution in [0.5, 0.6) is 0 Å². The van der Waals surface area contributed by atoms with Crippen LogP contribution in [0, 0.1) is 0 Å². The standard InChI is InChI=1S/C15H23NO4/c1-4-6-8-10-13(11-9-7-5-2)20-15(18)16-12-14(17)19-3/h4,6,8,12-13H,1,5,7,9-11H2,2-3H3/b8-6+,16-12-. The number of unbranched alkanes of at least 4 members (excludes halogenated alkanes) is 2. The van der Waals surface area contributed by atoms with Crippen molar-refractivity contribution in [2.75, 3.05) is 7.11 Å². The number of hydrogen-bond acceptors (Lipinski definition) is 4. The van der Waals surface area contributed by atoms with E-state index in [2.05, 4.69) is 23.2 Å². The first-order valence-electron chi connectivity index (χ1n) is 6.74. The van der Waals surface area contributed by atoms with Crippen LogP contribution in [0.15, 0.2) is 29.8 Å². The summed E-state index contributed by atoms with van der Waals surface area (Å²) in [5.41, 5.74) is 0. The molecular formula is C15H23NO4. The van der Waals surface area contributed by atoms with Crippen molar-refractivity contribution in [3.63, 3.8) is 0 Å². The highest BCUT2D eigenvalue weighted by atomic mass is 16.6. The minimum absolute atomic E-state index is 0.236. The van der Waals surface area contributed by atoms with Crippen LogP contribution >= 0.6 is 0 Å². The maximum atomic E-state index is 11.5. The summed E-state index contributed by atoms with van der Waals surface area (Å²) in [4.78, 5) is 25.7. The van der Waals surface area contributed by atoms with Gasteiger partial charge in [-0.1, -0.05) is 44.6 Å². The van der Waals surface area contributed by atoms with Gasteiger partial charge in [-0.25, -0.2) is 9.59 Å². The molecule has 0 heterocycles. The summed E-state index contributed by atoms with van der Waals surface area (Å²) in [7, 11) is 1.22. The third-order valence-corrected chi connectivity index (χ3v) is 2.54. The zero-order chi connectivity index (χ0) is 15.2. The van der Waals surface area contributed by atoms with Crippen molar-refractivity contribution in [2.45, 2.75) is 45.1 Å². The molecule has 0 spiro atoms. The minimum Gasteiger partial charge on any atom is -0.465 e. The molecular weight excluding hydrogens is 258 g/mol. The van der Waals surface area contributed by atoms with E-state index in [1.165, 1.54) is 7.11 Å². The summed E-state index contributed by atoms with van der Waals surface area (Å²) in [5, 5.41) is 0. The third-order valence-electron chi connectivity index (χ3n) is 2.54. The molecule has 0 rings (SSSR count). The van der Waals surface area contributed by atoms with Crippen LogP contribution in [-0.4, -0.2) is 31.5 Å². The molecule has 1 amide bonds. The van der Waals surface area contributed by atoms with Gasteiger partial charge in [0.15, 0.2) is 0 Å². The Labute approximate surface area is 120 Å². The Morgan fingerprint density at radius 3 is 2.70 bits per heavy atom. The molecule has 5 heteroatoms. The monoisotopic (exact) mass is 281 g/mol. The van der Waals surface area contributed by atoms with E-state index in [4.69, 9.17) is 4.74 Å². The predicted molar refractivity (Wildman–Crippen MR) is 78.9 cm³/mol. The van der Waals surface area contributed by atoms with E-state index in [-0.39, 0.29) is 6.10 Å². The molecule has 0 N–H and O–H groups in total. The third kappa shape index (κ3) is 10.1. The van der Waals surface area contributed by atoms with Crippen molar-refractivity contribution in [3.05, 3.63) is 24.8 Å². The second kappa shape index (κ2) is 12.1. The molecule has 5 nitrogen and oxygen atoms in total. The maximum absolute atomic E-state index is 11.5. The fraction of sp³-hybridized carbons (Fsp3) is 0.533. The lowest BCUT2D eigenvalue weighted by atomic mass is 10.1. The number of aliphatic imine (C=N–C) groups is 1. The molecule has 0 aliphatic heterocycles. The van der Waals surface area contributed by atoms with Gasteiger partial charge in [0, 0.05) is 6.42 Å². The molecule has 0 radical (unpaired) electrons. The maximum Gasteiger partial charge on any atom is 0.434 e. The van der Waals surface area contributed by atoms with E-state index in [9.17, 15) is 9.59 Å². The van der Waals surface area contributed by atoms with Crippen molar-refractivity contribution >= 4 is 18.3 Å². The molecule has 0 saturated carbocycles. The van der Waals surface area contributed by atoms with Crippen LogP contribution in [0.4, 0.5) is 4.79 Å². The van der Waals surface area contributed by atoms with Crippen LogP contribution in [0.1, 0.15) is 39.0 Å². The zero-order valence-corrected chi connectivity index (χ0v) is 12.2. The average molecular weight is 281 g/mol. The van der Waals surface area contributed by atoms with Gasteiger partial charge in [-0.15, -0.1) is 0 Å². The summed E-state index contributed by atoms with van der Waals surface area (Å²) < 4.78 is 9.55. The van der Waals surface area contributed by atoms with Crippen LogP contribution in [0.2, 0.25) is 0 Å². The van der Waals surface area contributed by atoms with Crippen molar-refractivity contribution in [1.82, 2.24) is 0 Å². The lowest BCUT2D eigenvalue weighted by Crippen LogP contribution is -2.16. The number of esters is 1. The Bertz CT molecular complexity index is 361. The number of carbonyl (C=O) groups is 2. The van der Waals surface area contributed by atoms with E-state index < -0.39 is 12.1 Å². The van der Waals surface area contributed by atoms with Gasteiger partial charge in [0.1, 0.15) is 12.3 Å². The topological polar surface area (TPSA) is 65.0 Å². The molecule has 0 saturated heterocycles. The molecule has 0 aromatic rings. The fourth-order valence-electron chi connectivity index (χ4n) is 1.50. The number of methoxy groups -OCH3 is 1. The first-order chi connectivity index (χ1) is 9.63. The van der Waals surface area contributed by atoms with Crippen molar-refractivity contribution in [3.8, 4) is 0 Å². The summed E-state index contributed by atoms with van der Waals surface area (Å²) >= 11 is 0. The van der Waals surface area contributed by atoms with Gasteiger partial charge < -0.3 is 9.47 Å². The van der Waals surface area contributed by atoms with Crippen LogP contribution < -0.4 is 0 Å². The lowest BCUT2D eigenvalue weighted by molar-refractivity contribution is -0.132. The lowest BCUT2D eigenvalue weighted by Gasteiger charge is -2.14. The molecule has 0 aliphatic rings. The number of allylic oxidation sites excluding steroid dienone is 2. The highest BCUT2D eigenvalue weighted by Gasteiger charge is 2.12. The molecule has 1 unspecified atom stereocenters. The van der Waals surface area contributed by atoms with Gasteiger partial charge >= 0.3 is 12.1 Å². The largest absolute Gasteiger partial charge is 0.465 e. The van der Waals surface area contributed by atoms with Gasteiger partial charge in [-0.3, -0.25) is 0 Å². The van der Waals surface area contributed by atoms with Crippen LogP contribution in [0.3, 0.4) is 0 Å². The highest BCUT2D eigenvalue weighted by molar-refractivity contribution is 6.24. The van der Waals surface area contributed by atoms with Crippen molar-refractivity contribution in [1.29, 1.82) is 0 Å². The Kier molecular flexibility index (Phi) is 11.0. The normalized spacial score (nSPS) is 12.5. The van der Waals surface area contributed by atoms with Crippen molar-refractivity contribution < 1.29 is 19.1 Å². The molecule has 1 atom stereocenters. The number of carbonyl (C=O) groups excluding carboxylic acids is 2. The Hall–Kier alpha value is -1.91. The quantitative estimate of drug-likeness (QED) is 0.281. The number of amides is 1. The number of ether oxygens (including phenoxy) is 2. The van der Waals surface area contributed by atoms with Gasteiger partial charge in [0.05, 0.1) is 7.11 Å². The smallest absolute Gasteiger partial charge is 0.434 e. The molecule has 0 aromatic carbocycles. The highest BCUT2D eigenvalue weighted by Crippen LogP contribution is 2.12. The SMILES string of the molecule is C=C/C=C/CC(CCCCC)OC(=O)/N=C\C(=O)OC. The number of hydrogen-bond donors (Lipinski definition) is 0. The van der Waals surface area contributed by atoms with E-state index in [0.29, 0.717) is 6.42 Å². The van der Waals surface area contributed by atoms with E-state index >= 15 is 0 Å². The molecule has 0 bridgehead atoms. The number of nitrogens with zero attached hydrogens (tertiary/aromatic N) is 1. The predicted octanol–water partition coefficient (Wildman–Crippen LogP) is 3.45. The molecule has 112 valence electrons. The average Bonchev–Trinajstić information content (AvgIpc) is 2.45. The Balaban J connectivity index is 4.33. The summed E-state index contributed by atoms with van der Waals surface area (Å²) in [6, 6.07) is 0.